The molecule has 1 N–H and O–H groups in total. The first-order chi connectivity index (χ1) is 15.1. The molecule has 4 rings (SSSR count). The summed E-state index contributed by atoms with van der Waals surface area (Å²) in [5.41, 5.74) is 1.49. The van der Waals surface area contributed by atoms with Gasteiger partial charge in [0.25, 0.3) is 0 Å². The highest BCUT2D eigenvalue weighted by atomic mass is 32.2. The number of hydrogen-bond donors (Lipinski definition) is 1. The zero-order chi connectivity index (χ0) is 23.1. The summed E-state index contributed by atoms with van der Waals surface area (Å²) >= 11 is 1.02. The minimum atomic E-state index is -4.07. The Morgan fingerprint density at radius 3 is 2.47 bits per heavy atom. The first-order valence-corrected chi connectivity index (χ1v) is 13.4. The highest BCUT2D eigenvalue weighted by molar-refractivity contribution is 7.93. The van der Waals surface area contributed by atoms with Gasteiger partial charge < -0.3 is 4.90 Å². The highest BCUT2D eigenvalue weighted by Gasteiger charge is 2.32. The molecule has 0 saturated heterocycles. The first-order valence-electron chi connectivity index (χ1n) is 9.51. The van der Waals surface area contributed by atoms with Crippen LogP contribution < -0.4 is 9.62 Å². The summed E-state index contributed by atoms with van der Waals surface area (Å²) in [6.07, 6.45) is 0.0974. The van der Waals surface area contributed by atoms with Crippen LogP contribution in [0.5, 0.6) is 0 Å². The quantitative estimate of drug-likeness (QED) is 0.544. The number of halogens is 1. The van der Waals surface area contributed by atoms with Gasteiger partial charge in [0.15, 0.2) is 9.84 Å². The zero-order valence-electron chi connectivity index (χ0n) is 16.9. The van der Waals surface area contributed by atoms with Crippen molar-refractivity contribution in [3.63, 3.8) is 0 Å². The van der Waals surface area contributed by atoms with Crippen molar-refractivity contribution < 1.29 is 26.0 Å². The van der Waals surface area contributed by atoms with E-state index in [9.17, 15) is 26.0 Å². The van der Waals surface area contributed by atoms with Gasteiger partial charge in [-0.1, -0.05) is 18.2 Å². The minimum absolute atomic E-state index is 0.0641. The van der Waals surface area contributed by atoms with E-state index in [2.05, 4.69) is 4.72 Å². The van der Waals surface area contributed by atoms with Gasteiger partial charge in [0.2, 0.25) is 15.9 Å². The van der Waals surface area contributed by atoms with Crippen LogP contribution in [-0.2, 0) is 31.1 Å². The molecule has 3 aromatic rings. The van der Waals surface area contributed by atoms with E-state index in [0.717, 1.165) is 23.5 Å². The van der Waals surface area contributed by atoms with Crippen molar-refractivity contribution in [2.24, 2.45) is 0 Å². The van der Waals surface area contributed by atoms with Gasteiger partial charge in [-0.15, -0.1) is 11.3 Å². The molecule has 0 radical (unpaired) electrons. The molecule has 168 valence electrons. The van der Waals surface area contributed by atoms with Crippen LogP contribution in [-0.4, -0.2) is 36.3 Å². The lowest BCUT2D eigenvalue weighted by Gasteiger charge is -2.18. The van der Waals surface area contributed by atoms with E-state index < -0.39 is 37.5 Å². The first kappa shape index (κ1) is 22.6. The fourth-order valence-corrected chi connectivity index (χ4v) is 7.60. The number of thiophene rings is 1. The topological polar surface area (TPSA) is 101 Å². The molecule has 0 aliphatic carbocycles. The molecule has 7 nitrogen and oxygen atoms in total. The molecule has 1 aromatic heterocycles. The van der Waals surface area contributed by atoms with Crippen molar-refractivity contribution in [3.8, 4) is 0 Å². The van der Waals surface area contributed by atoms with Crippen molar-refractivity contribution in [2.45, 2.75) is 20.8 Å². The Hall–Kier alpha value is -2.60. The number of amides is 1. The van der Waals surface area contributed by atoms with Crippen LogP contribution in [0.15, 0.2) is 69.1 Å². The normalized spacial score (nSPS) is 15.1. The molecule has 2 aromatic carbocycles. The lowest BCUT2D eigenvalue weighted by atomic mass is 10.1. The largest absolute Gasteiger partial charge is 0.315 e. The second-order valence-corrected chi connectivity index (χ2v) is 12.4. The minimum Gasteiger partial charge on any atom is -0.315 e. The molecular formula is C21H19FN2O5S3. The number of carbonyl (C=O) groups excluding carboxylic acids is 1. The molecular weight excluding hydrogens is 475 g/mol. The monoisotopic (exact) mass is 494 g/mol. The molecule has 0 unspecified atom stereocenters. The maximum Gasteiger partial charge on any atom is 0.240 e. The van der Waals surface area contributed by atoms with Crippen LogP contribution in [0, 0.1) is 5.82 Å². The summed E-state index contributed by atoms with van der Waals surface area (Å²) in [4.78, 5) is 13.3. The fraction of sp³-hybridized carbons (Fsp3) is 0.190. The van der Waals surface area contributed by atoms with Crippen LogP contribution in [0.1, 0.15) is 16.4 Å². The molecule has 0 saturated carbocycles. The Labute approximate surface area is 189 Å². The van der Waals surface area contributed by atoms with Crippen LogP contribution in [0.25, 0.3) is 0 Å². The van der Waals surface area contributed by atoms with Crippen molar-refractivity contribution in [1.29, 1.82) is 0 Å². The predicted octanol–water partition coefficient (Wildman–Crippen LogP) is 2.90. The van der Waals surface area contributed by atoms with E-state index in [1.165, 1.54) is 35.2 Å². The van der Waals surface area contributed by atoms with Crippen molar-refractivity contribution in [2.75, 3.05) is 18.5 Å². The van der Waals surface area contributed by atoms with Crippen LogP contribution >= 0.6 is 11.3 Å². The lowest BCUT2D eigenvalue weighted by Crippen LogP contribution is -2.32. The van der Waals surface area contributed by atoms with E-state index in [4.69, 9.17) is 0 Å². The predicted molar refractivity (Wildman–Crippen MR) is 119 cm³/mol. The number of fused-ring (bicyclic) bond motifs is 1. The summed E-state index contributed by atoms with van der Waals surface area (Å²) in [6, 6.07) is 12.3. The molecule has 0 spiro atoms. The maximum absolute atomic E-state index is 13.4. The Kier molecular flexibility index (Phi) is 5.93. The number of benzene rings is 2. The molecule has 2 heterocycles. The molecule has 32 heavy (non-hydrogen) atoms. The van der Waals surface area contributed by atoms with E-state index in [0.29, 0.717) is 11.3 Å². The SMILES string of the molecule is CN1C(=O)Cc2cc(S(=O)(=O)NC[C@H](c3ccc(F)cc3)S(=O)(=O)c3cccs3)ccc21. The van der Waals surface area contributed by atoms with Crippen LogP contribution in [0.2, 0.25) is 0 Å². The summed E-state index contributed by atoms with van der Waals surface area (Å²) in [6.45, 7) is -0.440. The third kappa shape index (κ3) is 4.20. The van der Waals surface area contributed by atoms with Gasteiger partial charge in [-0.2, -0.15) is 0 Å². The lowest BCUT2D eigenvalue weighted by molar-refractivity contribution is -0.117. The number of likely N-dealkylation sites (N-methyl/N-ethyl adjacent to an activating group) is 1. The number of hydrogen-bond acceptors (Lipinski definition) is 6. The molecule has 0 bridgehead atoms. The average molecular weight is 495 g/mol. The zero-order valence-corrected chi connectivity index (χ0v) is 19.3. The van der Waals surface area contributed by atoms with Gasteiger partial charge in [-0.05, 0) is 52.9 Å². The molecule has 1 amide bonds. The van der Waals surface area contributed by atoms with Crippen molar-refractivity contribution >= 4 is 42.8 Å². The van der Waals surface area contributed by atoms with Crippen LogP contribution in [0.4, 0.5) is 10.1 Å². The fourth-order valence-electron chi connectivity index (χ4n) is 3.53. The van der Waals surface area contributed by atoms with Crippen molar-refractivity contribution in [1.82, 2.24) is 4.72 Å². The third-order valence-electron chi connectivity index (χ3n) is 5.29. The molecule has 0 fully saturated rings. The smallest absolute Gasteiger partial charge is 0.240 e. The van der Waals surface area contributed by atoms with Crippen LogP contribution in [0.3, 0.4) is 0 Å². The number of sulfonamides is 1. The number of carbonyl (C=O) groups is 1. The van der Waals surface area contributed by atoms with E-state index in [1.807, 2.05) is 0 Å². The number of sulfone groups is 1. The highest BCUT2D eigenvalue weighted by Crippen LogP contribution is 2.33. The summed E-state index contributed by atoms with van der Waals surface area (Å²) in [5, 5.41) is 0.361. The van der Waals surface area contributed by atoms with Gasteiger partial charge in [-0.25, -0.2) is 25.9 Å². The molecule has 1 aliphatic heterocycles. The van der Waals surface area contributed by atoms with Gasteiger partial charge in [0.05, 0.1) is 11.3 Å². The molecule has 1 aliphatic rings. The summed E-state index contributed by atoms with van der Waals surface area (Å²) in [5.74, 6) is -0.666. The summed E-state index contributed by atoms with van der Waals surface area (Å²) < 4.78 is 68.1. The Bertz CT molecular complexity index is 1370. The number of rotatable bonds is 7. The van der Waals surface area contributed by atoms with Gasteiger partial charge in [0.1, 0.15) is 15.3 Å². The standard InChI is InChI=1S/C21H19FN2O5S3/c1-24-18-9-8-17(11-15(18)12-20(24)25)32(28,29)23-13-19(14-4-6-16(22)7-5-14)31(26,27)21-3-2-10-30-21/h2-11,19,23H,12-13H2,1H3/t19-/m1/s1. The van der Waals surface area contributed by atoms with Gasteiger partial charge in [-0.3, -0.25) is 4.79 Å². The Morgan fingerprint density at radius 2 is 1.81 bits per heavy atom. The Morgan fingerprint density at radius 1 is 1.09 bits per heavy atom. The number of nitrogens with zero attached hydrogens (tertiary/aromatic N) is 1. The molecule has 11 heteroatoms. The number of anilines is 1. The van der Waals surface area contributed by atoms with Gasteiger partial charge in [0, 0.05) is 19.3 Å². The Balaban J connectivity index is 1.64. The third-order valence-corrected chi connectivity index (χ3v) is 10.2. The second-order valence-electron chi connectivity index (χ2n) is 7.29. The van der Waals surface area contributed by atoms with E-state index >= 15 is 0 Å². The second kappa shape index (κ2) is 8.39. The van der Waals surface area contributed by atoms with Crippen molar-refractivity contribution in [3.05, 3.63) is 76.9 Å². The maximum atomic E-state index is 13.4. The van der Waals surface area contributed by atoms with Gasteiger partial charge >= 0.3 is 0 Å². The van der Waals surface area contributed by atoms with E-state index in [-0.39, 0.29) is 27.0 Å². The average Bonchev–Trinajstić information content (AvgIpc) is 3.38. The summed E-state index contributed by atoms with van der Waals surface area (Å²) in [7, 11) is -6.39. The molecule has 1 atom stereocenters. The van der Waals surface area contributed by atoms with E-state index in [1.54, 1.807) is 24.6 Å². The number of nitrogens with one attached hydrogen (secondary N) is 1.